The van der Waals surface area contributed by atoms with Gasteiger partial charge in [0.05, 0.1) is 43.3 Å². The molecule has 2 aromatic carbocycles. The molecule has 1 aromatic heterocycles. The highest BCUT2D eigenvalue weighted by Gasteiger charge is 2.30. The average molecular weight is 602 g/mol. The fourth-order valence-corrected chi connectivity index (χ4v) is 5.28. The van der Waals surface area contributed by atoms with Gasteiger partial charge in [-0.25, -0.2) is 0 Å². The first-order valence-corrected chi connectivity index (χ1v) is 14.1. The molecule has 4 N–H and O–H groups in total. The maximum absolute atomic E-state index is 13.6. The van der Waals surface area contributed by atoms with Crippen LogP contribution in [0.3, 0.4) is 0 Å². The number of amides is 1. The number of nitrogens with one attached hydrogen (secondary N) is 3. The minimum absolute atomic E-state index is 0.145. The molecule has 3 aromatic rings. The van der Waals surface area contributed by atoms with Crippen molar-refractivity contribution in [1.82, 2.24) is 14.8 Å². The number of methoxy groups -OCH3 is 2. The van der Waals surface area contributed by atoms with Gasteiger partial charge in [-0.2, -0.15) is 13.2 Å². The predicted molar refractivity (Wildman–Crippen MR) is 161 cm³/mol. The third kappa shape index (κ3) is 8.56. The molecule has 1 fully saturated rings. The van der Waals surface area contributed by atoms with Crippen molar-refractivity contribution < 1.29 is 32.5 Å². The highest BCUT2D eigenvalue weighted by atomic mass is 19.4. The van der Waals surface area contributed by atoms with Gasteiger partial charge in [0.2, 0.25) is 0 Å². The zero-order valence-electron chi connectivity index (χ0n) is 24.6. The van der Waals surface area contributed by atoms with Crippen LogP contribution >= 0.6 is 0 Å². The van der Waals surface area contributed by atoms with Gasteiger partial charge in [-0.15, -0.1) is 0 Å². The first-order valence-electron chi connectivity index (χ1n) is 14.1. The van der Waals surface area contributed by atoms with Crippen molar-refractivity contribution in [2.75, 3.05) is 64.7 Å². The summed E-state index contributed by atoms with van der Waals surface area (Å²) in [6.07, 6.45) is -3.29. The molecule has 0 unspecified atom stereocenters. The lowest BCUT2D eigenvalue weighted by atomic mass is 10.0. The van der Waals surface area contributed by atoms with Gasteiger partial charge < -0.3 is 40.0 Å². The average Bonchev–Trinajstić information content (AvgIpc) is 3.32. The van der Waals surface area contributed by atoms with Crippen molar-refractivity contribution in [3.8, 4) is 17.6 Å². The highest BCUT2D eigenvalue weighted by molar-refractivity contribution is 5.95. The molecule has 9 nitrogen and oxygen atoms in total. The summed E-state index contributed by atoms with van der Waals surface area (Å²) in [6.45, 7) is 1.41. The smallest absolute Gasteiger partial charge is 0.406 e. The van der Waals surface area contributed by atoms with Crippen LogP contribution in [-0.4, -0.2) is 92.9 Å². The first-order chi connectivity index (χ1) is 20.6. The molecule has 232 valence electrons. The number of nitrogens with zero attached hydrogens (tertiary/aromatic N) is 2. The number of alkyl halides is 3. The number of β-amino-alcohol motifs (C(OH)–C–C–N with tert-alkyl or cyclic N) is 1. The highest BCUT2D eigenvalue weighted by Crippen LogP contribution is 2.31. The number of aliphatic hydroxyl groups is 1. The zero-order chi connectivity index (χ0) is 31.0. The van der Waals surface area contributed by atoms with E-state index >= 15 is 0 Å². The van der Waals surface area contributed by atoms with Crippen LogP contribution in [-0.2, 0) is 11.3 Å². The van der Waals surface area contributed by atoms with E-state index in [0.29, 0.717) is 34.4 Å². The number of carbonyl (C=O) groups excluding carboxylic acids is 1. The van der Waals surface area contributed by atoms with Crippen molar-refractivity contribution in [1.29, 1.82) is 0 Å². The number of halogens is 3. The van der Waals surface area contributed by atoms with Crippen LogP contribution in [0.5, 0.6) is 5.75 Å². The van der Waals surface area contributed by atoms with Gasteiger partial charge in [-0.3, -0.25) is 4.79 Å². The molecule has 1 aliphatic rings. The fourth-order valence-electron chi connectivity index (χ4n) is 5.28. The molecule has 0 bridgehead atoms. The third-order valence-electron chi connectivity index (χ3n) is 7.33. The minimum atomic E-state index is -4.43. The normalized spacial score (nSPS) is 15.0. The van der Waals surface area contributed by atoms with Crippen LogP contribution in [0.25, 0.3) is 10.9 Å². The Balaban J connectivity index is 1.50. The lowest BCUT2D eigenvalue weighted by Gasteiger charge is -2.34. The first kappa shape index (κ1) is 32.0. The molecule has 0 spiro atoms. The van der Waals surface area contributed by atoms with E-state index < -0.39 is 18.8 Å². The van der Waals surface area contributed by atoms with Crippen LogP contribution in [0.1, 0.15) is 28.9 Å². The summed E-state index contributed by atoms with van der Waals surface area (Å²) in [5.41, 5.74) is 2.51. The lowest BCUT2D eigenvalue weighted by molar-refractivity contribution is -0.140. The Morgan fingerprint density at radius 3 is 2.58 bits per heavy atom. The second-order valence-corrected chi connectivity index (χ2v) is 10.4. The molecular weight excluding hydrogens is 563 g/mol. The molecule has 4 rings (SSSR count). The van der Waals surface area contributed by atoms with Crippen LogP contribution < -0.4 is 20.7 Å². The van der Waals surface area contributed by atoms with Gasteiger partial charge in [-0.1, -0.05) is 12.0 Å². The van der Waals surface area contributed by atoms with Gasteiger partial charge in [0, 0.05) is 56.5 Å². The predicted octanol–water partition coefficient (Wildman–Crippen LogP) is 3.92. The van der Waals surface area contributed by atoms with E-state index in [2.05, 4.69) is 32.7 Å². The van der Waals surface area contributed by atoms with E-state index in [1.165, 1.54) is 18.7 Å². The number of piperidine rings is 1. The quantitative estimate of drug-likeness (QED) is 0.247. The standard InChI is InChI=1S/C31H38F3N5O4/c1-35-30(41)21-9-10-27(29(16-21)43-3)36-13-5-6-23-17-25-26(7-4-8-28(25)39(23)20-31(32,33)34)37-22-11-14-38(15-12-22)18-24(40)19-42-2/h4,7-10,16-17,22,24,36-37,40H,11-15,18-20H2,1-3H3,(H,35,41)/t24-/m0/s1. The Morgan fingerprint density at radius 1 is 1.14 bits per heavy atom. The van der Waals surface area contributed by atoms with Gasteiger partial charge in [0.25, 0.3) is 5.91 Å². The molecule has 1 atom stereocenters. The van der Waals surface area contributed by atoms with Crippen molar-refractivity contribution >= 4 is 28.2 Å². The molecule has 2 heterocycles. The van der Waals surface area contributed by atoms with Crippen molar-refractivity contribution in [3.05, 3.63) is 53.7 Å². The number of fused-ring (bicyclic) bond motifs is 1. The topological polar surface area (TPSA) is 100 Å². The Bertz CT molecular complexity index is 1460. The van der Waals surface area contributed by atoms with Gasteiger partial charge in [-0.05, 0) is 55.2 Å². The summed E-state index contributed by atoms with van der Waals surface area (Å²) in [7, 11) is 4.58. The number of ether oxygens (including phenoxy) is 2. The summed E-state index contributed by atoms with van der Waals surface area (Å²) in [6, 6.07) is 12.1. The number of benzene rings is 2. The number of aromatic nitrogens is 1. The number of rotatable bonds is 11. The summed E-state index contributed by atoms with van der Waals surface area (Å²) in [5.74, 6) is 6.04. The van der Waals surface area contributed by atoms with Crippen LogP contribution in [0.4, 0.5) is 24.5 Å². The van der Waals surface area contributed by atoms with E-state index in [9.17, 15) is 23.1 Å². The monoisotopic (exact) mass is 601 g/mol. The Kier molecular flexibility index (Phi) is 10.8. The molecule has 0 radical (unpaired) electrons. The van der Waals surface area contributed by atoms with E-state index in [0.717, 1.165) is 31.6 Å². The van der Waals surface area contributed by atoms with Crippen molar-refractivity contribution in [3.63, 3.8) is 0 Å². The van der Waals surface area contributed by atoms with Crippen LogP contribution in [0, 0.1) is 11.8 Å². The SMILES string of the molecule is CNC(=O)c1ccc(NCC#Cc2cc3c(NC4CCN(C[C@H](O)COC)CC4)cccc3n2CC(F)(F)F)c(OC)c1. The van der Waals surface area contributed by atoms with E-state index in [4.69, 9.17) is 9.47 Å². The van der Waals surface area contributed by atoms with Crippen LogP contribution in [0.2, 0.25) is 0 Å². The van der Waals surface area contributed by atoms with E-state index in [1.807, 2.05) is 6.07 Å². The number of likely N-dealkylation sites (tertiary alicyclic amines) is 1. The van der Waals surface area contributed by atoms with Gasteiger partial charge in [0.1, 0.15) is 12.3 Å². The second kappa shape index (κ2) is 14.5. The molecular formula is C31H38F3N5O4. The fraction of sp³-hybridized carbons (Fsp3) is 0.452. The summed E-state index contributed by atoms with van der Waals surface area (Å²) < 4.78 is 52.4. The zero-order valence-corrected chi connectivity index (χ0v) is 24.6. The summed E-state index contributed by atoms with van der Waals surface area (Å²) in [5, 5.41) is 19.9. The Hall–Kier alpha value is -3.92. The molecule has 1 amide bonds. The van der Waals surface area contributed by atoms with E-state index in [1.54, 1.807) is 43.5 Å². The lowest BCUT2D eigenvalue weighted by Crippen LogP contribution is -2.43. The largest absolute Gasteiger partial charge is 0.495 e. The van der Waals surface area contributed by atoms with E-state index in [-0.39, 0.29) is 30.8 Å². The van der Waals surface area contributed by atoms with Crippen molar-refractivity contribution in [2.45, 2.75) is 37.7 Å². The Labute approximate surface area is 249 Å². The molecule has 1 aliphatic heterocycles. The van der Waals surface area contributed by atoms with Crippen molar-refractivity contribution in [2.24, 2.45) is 0 Å². The van der Waals surface area contributed by atoms with Gasteiger partial charge >= 0.3 is 6.18 Å². The number of hydrogen-bond acceptors (Lipinski definition) is 7. The number of carbonyl (C=O) groups is 1. The summed E-state index contributed by atoms with van der Waals surface area (Å²) in [4.78, 5) is 14.1. The molecule has 0 saturated carbocycles. The molecule has 43 heavy (non-hydrogen) atoms. The third-order valence-corrected chi connectivity index (χ3v) is 7.33. The number of hydrogen-bond donors (Lipinski definition) is 4. The number of anilines is 2. The van der Waals surface area contributed by atoms with Gasteiger partial charge in [0.15, 0.2) is 0 Å². The van der Waals surface area contributed by atoms with Crippen LogP contribution in [0.15, 0.2) is 42.5 Å². The maximum Gasteiger partial charge on any atom is 0.406 e. The second-order valence-electron chi connectivity index (χ2n) is 10.4. The number of aliphatic hydroxyl groups excluding tert-OH is 1. The molecule has 12 heteroatoms. The Morgan fingerprint density at radius 2 is 1.91 bits per heavy atom. The molecule has 1 saturated heterocycles. The molecule has 0 aliphatic carbocycles. The minimum Gasteiger partial charge on any atom is -0.495 e. The summed E-state index contributed by atoms with van der Waals surface area (Å²) >= 11 is 0. The maximum atomic E-state index is 13.6.